The van der Waals surface area contributed by atoms with Gasteiger partial charge in [-0.3, -0.25) is 0 Å². The number of rotatable bonds is 5. The summed E-state index contributed by atoms with van der Waals surface area (Å²) in [6.45, 7) is 3.87. The maximum atomic E-state index is 6.06. The van der Waals surface area contributed by atoms with Crippen LogP contribution in [-0.2, 0) is 0 Å². The number of methoxy groups -OCH3 is 1. The van der Waals surface area contributed by atoms with Crippen molar-refractivity contribution in [1.82, 2.24) is 0 Å². The molecule has 0 bridgehead atoms. The number of benzene rings is 1. The molecule has 2 unspecified atom stereocenters. The molecule has 2 heteroatoms. The third kappa shape index (κ3) is 2.63. The average Bonchev–Trinajstić information content (AvgIpc) is 3.07. The highest BCUT2D eigenvalue weighted by Crippen LogP contribution is 2.49. The molecule has 0 aliphatic heterocycles. The Morgan fingerprint density at radius 2 is 2.00 bits per heavy atom. The Bertz CT molecular complexity index is 460. The van der Waals surface area contributed by atoms with Crippen molar-refractivity contribution in [2.75, 3.05) is 7.11 Å². The molecule has 2 nitrogen and oxygen atoms in total. The lowest BCUT2D eigenvalue weighted by atomic mass is 10.1. The van der Waals surface area contributed by atoms with E-state index >= 15 is 0 Å². The highest BCUT2D eigenvalue weighted by Gasteiger charge is 2.36. The van der Waals surface area contributed by atoms with Gasteiger partial charge in [0, 0.05) is 0 Å². The van der Waals surface area contributed by atoms with E-state index in [0.717, 1.165) is 11.5 Å². The molecule has 3 rings (SSSR count). The van der Waals surface area contributed by atoms with Gasteiger partial charge in [0.05, 0.1) is 13.2 Å². The lowest BCUT2D eigenvalue weighted by Gasteiger charge is -2.16. The second-order valence-electron chi connectivity index (χ2n) is 5.68. The number of hydrogen-bond donors (Lipinski definition) is 0. The van der Waals surface area contributed by atoms with E-state index in [2.05, 4.69) is 30.9 Å². The van der Waals surface area contributed by atoms with Crippen LogP contribution < -0.4 is 9.47 Å². The number of allylic oxidation sites excluding steroid dienone is 1. The number of ether oxygens (including phenoxy) is 2. The van der Waals surface area contributed by atoms with Gasteiger partial charge in [0.1, 0.15) is 0 Å². The monoisotopic (exact) mass is 258 g/mol. The zero-order chi connectivity index (χ0) is 13.2. The molecule has 1 aromatic rings. The Balaban J connectivity index is 1.75. The molecule has 0 saturated heterocycles. The van der Waals surface area contributed by atoms with Crippen LogP contribution >= 0.6 is 0 Å². The van der Waals surface area contributed by atoms with E-state index in [-0.39, 0.29) is 0 Å². The van der Waals surface area contributed by atoms with Gasteiger partial charge in [-0.25, -0.2) is 0 Å². The van der Waals surface area contributed by atoms with E-state index in [0.29, 0.717) is 17.9 Å². The Morgan fingerprint density at radius 1 is 1.21 bits per heavy atom. The fourth-order valence-corrected chi connectivity index (χ4v) is 3.06. The molecule has 2 fully saturated rings. The van der Waals surface area contributed by atoms with E-state index in [9.17, 15) is 0 Å². The van der Waals surface area contributed by atoms with Crippen molar-refractivity contribution in [3.8, 4) is 11.5 Å². The normalized spacial score (nSPS) is 26.2. The van der Waals surface area contributed by atoms with Crippen molar-refractivity contribution < 1.29 is 9.47 Å². The van der Waals surface area contributed by atoms with Crippen LogP contribution in [0.15, 0.2) is 30.9 Å². The molecular weight excluding hydrogens is 236 g/mol. The fraction of sp³-hybridized carbons (Fsp3) is 0.529. The minimum absolute atomic E-state index is 0.376. The summed E-state index contributed by atoms with van der Waals surface area (Å²) in [4.78, 5) is 0. The van der Waals surface area contributed by atoms with Crippen LogP contribution in [-0.4, -0.2) is 13.2 Å². The Labute approximate surface area is 115 Å². The second-order valence-corrected chi connectivity index (χ2v) is 5.68. The Hall–Kier alpha value is -1.44. The van der Waals surface area contributed by atoms with Gasteiger partial charge in [0.25, 0.3) is 0 Å². The smallest absolute Gasteiger partial charge is 0.161 e. The first-order valence-electron chi connectivity index (χ1n) is 7.29. The van der Waals surface area contributed by atoms with Crippen molar-refractivity contribution in [3.63, 3.8) is 0 Å². The van der Waals surface area contributed by atoms with E-state index in [1.807, 2.05) is 0 Å². The van der Waals surface area contributed by atoms with Crippen LogP contribution in [0.4, 0.5) is 0 Å². The summed E-state index contributed by atoms with van der Waals surface area (Å²) >= 11 is 0. The van der Waals surface area contributed by atoms with Gasteiger partial charge >= 0.3 is 0 Å². The van der Waals surface area contributed by atoms with Crippen molar-refractivity contribution in [2.24, 2.45) is 5.92 Å². The van der Waals surface area contributed by atoms with Crippen LogP contribution in [0.5, 0.6) is 11.5 Å². The summed E-state index contributed by atoms with van der Waals surface area (Å²) in [5.41, 5.74) is 1.35. The minimum atomic E-state index is 0.376. The van der Waals surface area contributed by atoms with Crippen molar-refractivity contribution in [3.05, 3.63) is 36.4 Å². The molecular formula is C17H22O2. The molecule has 0 aromatic heterocycles. The molecule has 102 valence electrons. The molecule has 0 heterocycles. The topological polar surface area (TPSA) is 18.5 Å². The zero-order valence-corrected chi connectivity index (χ0v) is 11.6. The van der Waals surface area contributed by atoms with E-state index < -0.39 is 0 Å². The average molecular weight is 258 g/mol. The summed E-state index contributed by atoms with van der Waals surface area (Å²) in [6, 6.07) is 6.39. The third-order valence-electron chi connectivity index (χ3n) is 4.35. The van der Waals surface area contributed by atoms with Crippen LogP contribution in [0.1, 0.15) is 43.6 Å². The largest absolute Gasteiger partial charge is 0.493 e. The Morgan fingerprint density at radius 3 is 2.63 bits per heavy atom. The van der Waals surface area contributed by atoms with E-state index in [4.69, 9.17) is 9.47 Å². The lowest BCUT2D eigenvalue weighted by Crippen LogP contribution is -2.11. The van der Waals surface area contributed by atoms with Crippen molar-refractivity contribution in [2.45, 2.75) is 44.1 Å². The Kier molecular flexibility index (Phi) is 3.50. The first-order valence-corrected chi connectivity index (χ1v) is 7.29. The zero-order valence-electron chi connectivity index (χ0n) is 11.6. The van der Waals surface area contributed by atoms with Crippen LogP contribution in [0, 0.1) is 5.92 Å². The fourth-order valence-electron chi connectivity index (χ4n) is 3.06. The molecule has 0 N–H and O–H groups in total. The molecule has 0 radical (unpaired) electrons. The minimum Gasteiger partial charge on any atom is -0.493 e. The van der Waals surface area contributed by atoms with Gasteiger partial charge in [-0.2, -0.15) is 0 Å². The molecule has 19 heavy (non-hydrogen) atoms. The summed E-state index contributed by atoms with van der Waals surface area (Å²) < 4.78 is 11.6. The highest BCUT2D eigenvalue weighted by atomic mass is 16.5. The van der Waals surface area contributed by atoms with Crippen LogP contribution in [0.3, 0.4) is 0 Å². The van der Waals surface area contributed by atoms with Gasteiger partial charge in [0.2, 0.25) is 0 Å². The number of hydrogen-bond acceptors (Lipinski definition) is 2. The van der Waals surface area contributed by atoms with Gasteiger partial charge in [0.15, 0.2) is 11.5 Å². The molecule has 1 aromatic carbocycles. The maximum absolute atomic E-state index is 6.06. The summed E-state index contributed by atoms with van der Waals surface area (Å²) in [5, 5.41) is 0. The van der Waals surface area contributed by atoms with Crippen LogP contribution in [0.25, 0.3) is 0 Å². The first-order chi connectivity index (χ1) is 9.31. The third-order valence-corrected chi connectivity index (χ3v) is 4.35. The van der Waals surface area contributed by atoms with Gasteiger partial charge in [-0.15, -0.1) is 6.58 Å². The van der Waals surface area contributed by atoms with E-state index in [1.165, 1.54) is 37.7 Å². The van der Waals surface area contributed by atoms with Gasteiger partial charge in [-0.05, 0) is 61.6 Å². The second kappa shape index (κ2) is 5.28. The summed E-state index contributed by atoms with van der Waals surface area (Å²) in [7, 11) is 1.72. The van der Waals surface area contributed by atoms with Gasteiger partial charge in [-0.1, -0.05) is 12.1 Å². The van der Waals surface area contributed by atoms with Crippen LogP contribution in [0.2, 0.25) is 0 Å². The predicted octanol–water partition coefficient (Wildman–Crippen LogP) is 4.31. The molecule has 2 aliphatic rings. The predicted molar refractivity (Wildman–Crippen MR) is 76.9 cm³/mol. The van der Waals surface area contributed by atoms with E-state index in [1.54, 1.807) is 7.11 Å². The molecule has 0 spiro atoms. The molecule has 2 saturated carbocycles. The lowest BCUT2D eigenvalue weighted by molar-refractivity contribution is 0.200. The highest BCUT2D eigenvalue weighted by molar-refractivity contribution is 5.45. The maximum Gasteiger partial charge on any atom is 0.161 e. The standard InChI is InChI=1S/C17H22O2/c1-3-12-10-15(12)13-8-9-16(17(11-13)18-2)19-14-6-4-5-7-14/h3,8-9,11-12,14-15H,1,4-7,10H2,2H3. The first kappa shape index (κ1) is 12.6. The quantitative estimate of drug-likeness (QED) is 0.733. The summed E-state index contributed by atoms with van der Waals surface area (Å²) in [6.07, 6.45) is 8.57. The van der Waals surface area contributed by atoms with Gasteiger partial charge < -0.3 is 9.47 Å². The SMILES string of the molecule is C=CC1CC1c1ccc(OC2CCCC2)c(OC)c1. The molecule has 2 atom stereocenters. The van der Waals surface area contributed by atoms with Crippen molar-refractivity contribution in [1.29, 1.82) is 0 Å². The summed E-state index contributed by atoms with van der Waals surface area (Å²) in [5.74, 6) is 3.05. The molecule has 0 amide bonds. The molecule has 2 aliphatic carbocycles. The van der Waals surface area contributed by atoms with Crippen molar-refractivity contribution >= 4 is 0 Å².